The Kier molecular flexibility index (Phi) is 4.31. The third-order valence-electron chi connectivity index (χ3n) is 2.03. The summed E-state index contributed by atoms with van der Waals surface area (Å²) in [5.41, 5.74) is 0.375. The van der Waals surface area contributed by atoms with E-state index in [-0.39, 0.29) is 16.0 Å². The predicted molar refractivity (Wildman–Crippen MR) is 60.4 cm³/mol. The van der Waals surface area contributed by atoms with Crippen molar-refractivity contribution >= 4 is 30.1 Å². The lowest BCUT2D eigenvalue weighted by atomic mass is 9.79. The lowest BCUT2D eigenvalue weighted by Gasteiger charge is -2.14. The average molecular weight is 243 g/mol. The van der Waals surface area contributed by atoms with Crippen LogP contribution in [0.25, 0.3) is 0 Å². The third-order valence-corrected chi connectivity index (χ3v) is 2.24. The monoisotopic (exact) mass is 243 g/mol. The number of carbonyl (C=O) groups is 1. The number of rotatable bonds is 3. The molecule has 0 aliphatic rings. The Morgan fingerprint density at radius 2 is 2.06 bits per heavy atom. The van der Waals surface area contributed by atoms with Crippen LogP contribution >= 0.6 is 11.6 Å². The van der Waals surface area contributed by atoms with E-state index in [1.165, 1.54) is 32.4 Å². The van der Waals surface area contributed by atoms with Crippen molar-refractivity contribution < 1.29 is 19.7 Å². The molecule has 1 amide bonds. The van der Waals surface area contributed by atoms with Gasteiger partial charge >= 0.3 is 7.12 Å². The van der Waals surface area contributed by atoms with E-state index in [1.807, 2.05) is 0 Å². The fraction of sp³-hybridized carbons (Fsp3) is 0.222. The van der Waals surface area contributed by atoms with Crippen LogP contribution in [0.4, 0.5) is 0 Å². The number of halogens is 1. The molecule has 5 nitrogen and oxygen atoms in total. The second kappa shape index (κ2) is 5.31. The van der Waals surface area contributed by atoms with Gasteiger partial charge in [-0.2, -0.15) is 0 Å². The van der Waals surface area contributed by atoms with E-state index in [0.717, 1.165) is 5.06 Å². The average Bonchev–Trinajstić information content (AvgIpc) is 2.26. The molecule has 0 saturated heterocycles. The van der Waals surface area contributed by atoms with E-state index in [9.17, 15) is 4.79 Å². The largest absolute Gasteiger partial charge is 0.488 e. The minimum atomic E-state index is -1.67. The van der Waals surface area contributed by atoms with Crippen LogP contribution in [-0.2, 0) is 4.84 Å². The number of amides is 1. The van der Waals surface area contributed by atoms with Crippen molar-refractivity contribution in [1.82, 2.24) is 5.06 Å². The fourth-order valence-corrected chi connectivity index (χ4v) is 1.39. The van der Waals surface area contributed by atoms with Crippen LogP contribution in [0.1, 0.15) is 10.4 Å². The highest BCUT2D eigenvalue weighted by Gasteiger charge is 2.17. The number of nitrogens with zero attached hydrogens (tertiary/aromatic N) is 1. The van der Waals surface area contributed by atoms with E-state index in [0.29, 0.717) is 0 Å². The number of hydroxylamine groups is 2. The number of carbonyl (C=O) groups excluding carboxylic acids is 1. The minimum absolute atomic E-state index is 0.153. The zero-order chi connectivity index (χ0) is 12.3. The first-order valence-electron chi connectivity index (χ1n) is 4.44. The molecule has 1 aromatic carbocycles. The second-order valence-corrected chi connectivity index (χ2v) is 3.57. The molecule has 0 aliphatic carbocycles. The highest BCUT2D eigenvalue weighted by atomic mass is 35.5. The van der Waals surface area contributed by atoms with Crippen LogP contribution in [0, 0.1) is 0 Å². The molecule has 7 heteroatoms. The second-order valence-electron chi connectivity index (χ2n) is 3.13. The summed E-state index contributed by atoms with van der Waals surface area (Å²) in [5.74, 6) is -0.424. The van der Waals surface area contributed by atoms with Gasteiger partial charge in [-0.15, -0.1) is 0 Å². The molecule has 1 aromatic rings. The Balaban J connectivity index is 3.09. The Morgan fingerprint density at radius 1 is 1.44 bits per heavy atom. The molecule has 0 radical (unpaired) electrons. The van der Waals surface area contributed by atoms with E-state index in [1.54, 1.807) is 0 Å². The van der Waals surface area contributed by atoms with Crippen LogP contribution in [0.3, 0.4) is 0 Å². The van der Waals surface area contributed by atoms with Crippen molar-refractivity contribution in [2.45, 2.75) is 0 Å². The highest BCUT2D eigenvalue weighted by Crippen LogP contribution is 2.11. The molecule has 0 atom stereocenters. The summed E-state index contributed by atoms with van der Waals surface area (Å²) in [6, 6.07) is 4.13. The molecule has 0 saturated carbocycles. The fourth-order valence-electron chi connectivity index (χ4n) is 1.15. The third kappa shape index (κ3) is 2.96. The molecule has 0 aromatic heterocycles. The van der Waals surface area contributed by atoms with Crippen LogP contribution in [0.15, 0.2) is 18.2 Å². The molecular weight excluding hydrogens is 232 g/mol. The molecule has 0 spiro atoms. The van der Waals surface area contributed by atoms with Crippen molar-refractivity contribution in [3.63, 3.8) is 0 Å². The van der Waals surface area contributed by atoms with Gasteiger partial charge in [-0.1, -0.05) is 11.6 Å². The number of hydrogen-bond acceptors (Lipinski definition) is 4. The van der Waals surface area contributed by atoms with Gasteiger partial charge in [-0.05, 0) is 23.7 Å². The van der Waals surface area contributed by atoms with Crippen LogP contribution < -0.4 is 5.46 Å². The van der Waals surface area contributed by atoms with Crippen molar-refractivity contribution in [2.24, 2.45) is 0 Å². The van der Waals surface area contributed by atoms with Gasteiger partial charge in [0.25, 0.3) is 5.91 Å². The maximum absolute atomic E-state index is 11.7. The quantitative estimate of drug-likeness (QED) is 0.562. The molecule has 0 unspecified atom stereocenters. The number of hydrogen-bond donors (Lipinski definition) is 2. The van der Waals surface area contributed by atoms with Crippen LogP contribution in [0.5, 0.6) is 0 Å². The summed E-state index contributed by atoms with van der Waals surface area (Å²) in [4.78, 5) is 16.4. The molecule has 2 N–H and O–H groups in total. The highest BCUT2D eigenvalue weighted by molar-refractivity contribution is 6.59. The summed E-state index contributed by atoms with van der Waals surface area (Å²) < 4.78 is 0. The van der Waals surface area contributed by atoms with Crippen molar-refractivity contribution in [1.29, 1.82) is 0 Å². The summed E-state index contributed by atoms with van der Waals surface area (Å²) in [7, 11) is 1.13. The van der Waals surface area contributed by atoms with Gasteiger partial charge in [0.2, 0.25) is 0 Å². The molecular formula is C9H11BClNO4. The summed E-state index contributed by atoms with van der Waals surface area (Å²) in [5, 5.41) is 19.2. The Bertz CT molecular complexity index is 399. The van der Waals surface area contributed by atoms with Gasteiger partial charge in [0.1, 0.15) is 0 Å². The topological polar surface area (TPSA) is 70.0 Å². The lowest BCUT2D eigenvalue weighted by Crippen LogP contribution is -2.32. The maximum atomic E-state index is 11.7. The first-order chi connectivity index (χ1) is 7.45. The van der Waals surface area contributed by atoms with E-state index in [4.69, 9.17) is 26.5 Å². The maximum Gasteiger partial charge on any atom is 0.488 e. The van der Waals surface area contributed by atoms with E-state index >= 15 is 0 Å². The SMILES string of the molecule is CON(C)C(=O)c1cc(Cl)cc(B(O)O)c1. The lowest BCUT2D eigenvalue weighted by molar-refractivity contribution is -0.0756. The molecule has 16 heavy (non-hydrogen) atoms. The molecule has 1 rings (SSSR count). The van der Waals surface area contributed by atoms with Crippen molar-refractivity contribution in [3.05, 3.63) is 28.8 Å². The smallest absolute Gasteiger partial charge is 0.423 e. The molecule has 0 heterocycles. The summed E-state index contributed by atoms with van der Waals surface area (Å²) >= 11 is 5.75. The number of benzene rings is 1. The Labute approximate surface area is 98.3 Å². The summed E-state index contributed by atoms with van der Waals surface area (Å²) in [6.07, 6.45) is 0. The Morgan fingerprint density at radius 3 is 2.56 bits per heavy atom. The summed E-state index contributed by atoms with van der Waals surface area (Å²) in [6.45, 7) is 0. The zero-order valence-corrected chi connectivity index (χ0v) is 9.60. The van der Waals surface area contributed by atoms with Gasteiger partial charge in [0.05, 0.1) is 7.11 Å². The van der Waals surface area contributed by atoms with Gasteiger partial charge in [-0.25, -0.2) is 5.06 Å². The van der Waals surface area contributed by atoms with Crippen molar-refractivity contribution in [3.8, 4) is 0 Å². The first-order valence-corrected chi connectivity index (χ1v) is 4.82. The molecule has 0 aliphatic heterocycles. The van der Waals surface area contributed by atoms with Gasteiger partial charge in [0, 0.05) is 17.6 Å². The van der Waals surface area contributed by atoms with Gasteiger partial charge in [-0.3, -0.25) is 9.63 Å². The van der Waals surface area contributed by atoms with E-state index in [2.05, 4.69) is 0 Å². The normalized spacial score (nSPS) is 10.1. The Hall–Kier alpha value is -1.08. The standard InChI is InChI=1S/C9H11BClNO4/c1-12(16-2)9(13)6-3-7(10(14)15)5-8(11)4-6/h3-5,14-15H,1-2H3. The first kappa shape index (κ1) is 13.0. The minimum Gasteiger partial charge on any atom is -0.423 e. The van der Waals surface area contributed by atoms with Crippen LogP contribution in [0.2, 0.25) is 5.02 Å². The van der Waals surface area contributed by atoms with Crippen LogP contribution in [-0.4, -0.2) is 42.3 Å². The molecule has 86 valence electrons. The molecule has 0 bridgehead atoms. The van der Waals surface area contributed by atoms with Gasteiger partial charge < -0.3 is 10.0 Å². The van der Waals surface area contributed by atoms with E-state index < -0.39 is 13.0 Å². The van der Waals surface area contributed by atoms with Gasteiger partial charge in [0.15, 0.2) is 0 Å². The zero-order valence-electron chi connectivity index (χ0n) is 8.85. The molecule has 0 fully saturated rings. The van der Waals surface area contributed by atoms with Crippen molar-refractivity contribution in [2.75, 3.05) is 14.2 Å². The predicted octanol–water partition coefficient (Wildman–Crippen LogP) is -0.347.